The molecule has 0 aliphatic carbocycles. The number of aliphatic hydroxyl groups is 1. The summed E-state index contributed by atoms with van der Waals surface area (Å²) >= 11 is 13.7. The maximum atomic E-state index is 10.0. The Hall–Kier alpha value is -0.670. The zero-order valence-electron chi connectivity index (χ0n) is 10.4. The molecular weight excluding hydrogens is 299 g/mol. The van der Waals surface area contributed by atoms with Gasteiger partial charge in [0.1, 0.15) is 0 Å². The van der Waals surface area contributed by atoms with Crippen LogP contribution in [-0.4, -0.2) is 5.11 Å². The van der Waals surface area contributed by atoms with E-state index in [4.69, 9.17) is 23.2 Å². The Balaban J connectivity index is 2.35. The third-order valence-corrected chi connectivity index (χ3v) is 4.60. The van der Waals surface area contributed by atoms with Crippen LogP contribution in [0.15, 0.2) is 52.3 Å². The zero-order chi connectivity index (χ0) is 13.8. The molecule has 2 aromatic rings. The van der Waals surface area contributed by atoms with Crippen molar-refractivity contribution in [3.05, 3.63) is 58.1 Å². The highest BCUT2D eigenvalue weighted by Crippen LogP contribution is 2.38. The third kappa shape index (κ3) is 3.67. The summed E-state index contributed by atoms with van der Waals surface area (Å²) in [5.74, 6) is 0. The quantitative estimate of drug-likeness (QED) is 0.794. The molecule has 0 aliphatic rings. The van der Waals surface area contributed by atoms with Gasteiger partial charge in [0, 0.05) is 14.8 Å². The Morgan fingerprint density at radius 3 is 2.58 bits per heavy atom. The molecule has 0 spiro atoms. The minimum absolute atomic E-state index is 0.457. The van der Waals surface area contributed by atoms with Crippen LogP contribution in [-0.2, 0) is 0 Å². The van der Waals surface area contributed by atoms with Crippen LogP contribution in [0.3, 0.4) is 0 Å². The number of hydrogen-bond donors (Lipinski definition) is 1. The second-order valence-electron chi connectivity index (χ2n) is 4.14. The van der Waals surface area contributed by atoms with Gasteiger partial charge in [0.05, 0.1) is 11.1 Å². The van der Waals surface area contributed by atoms with Crippen molar-refractivity contribution in [3.63, 3.8) is 0 Å². The first-order chi connectivity index (χ1) is 9.11. The second kappa shape index (κ2) is 6.67. The van der Waals surface area contributed by atoms with Gasteiger partial charge in [-0.05, 0) is 36.2 Å². The smallest absolute Gasteiger partial charge is 0.0798 e. The molecule has 100 valence electrons. The first kappa shape index (κ1) is 14.7. The first-order valence-corrected chi connectivity index (χ1v) is 7.59. The van der Waals surface area contributed by atoms with Crippen molar-refractivity contribution in [1.82, 2.24) is 0 Å². The molecule has 0 aliphatic heterocycles. The molecule has 0 saturated carbocycles. The molecule has 1 atom stereocenters. The topological polar surface area (TPSA) is 20.2 Å². The van der Waals surface area contributed by atoms with Crippen molar-refractivity contribution < 1.29 is 5.11 Å². The number of hydrogen-bond acceptors (Lipinski definition) is 2. The summed E-state index contributed by atoms with van der Waals surface area (Å²) in [5, 5.41) is 11.4. The van der Waals surface area contributed by atoms with E-state index >= 15 is 0 Å². The molecule has 19 heavy (non-hydrogen) atoms. The van der Waals surface area contributed by atoms with Gasteiger partial charge in [-0.3, -0.25) is 0 Å². The predicted octanol–water partition coefficient (Wildman–Crippen LogP) is 5.59. The molecule has 4 heteroatoms. The maximum absolute atomic E-state index is 10.0. The predicted molar refractivity (Wildman–Crippen MR) is 82.3 cm³/mol. The van der Waals surface area contributed by atoms with E-state index in [9.17, 15) is 5.11 Å². The maximum Gasteiger partial charge on any atom is 0.0798 e. The van der Waals surface area contributed by atoms with Gasteiger partial charge in [0.25, 0.3) is 0 Å². The Morgan fingerprint density at radius 2 is 1.84 bits per heavy atom. The van der Waals surface area contributed by atoms with Crippen molar-refractivity contribution in [2.45, 2.75) is 29.2 Å². The fraction of sp³-hybridized carbons (Fsp3) is 0.200. The second-order valence-corrected chi connectivity index (χ2v) is 6.07. The van der Waals surface area contributed by atoms with Crippen LogP contribution in [0.5, 0.6) is 0 Å². The lowest BCUT2D eigenvalue weighted by atomic mass is 10.1. The van der Waals surface area contributed by atoms with Crippen LogP contribution >= 0.6 is 35.0 Å². The molecule has 2 rings (SSSR count). The van der Waals surface area contributed by atoms with Gasteiger partial charge >= 0.3 is 0 Å². The fourth-order valence-corrected chi connectivity index (χ4v) is 3.27. The Bertz CT molecular complexity index is 572. The van der Waals surface area contributed by atoms with Gasteiger partial charge in [-0.1, -0.05) is 60.1 Å². The zero-order valence-corrected chi connectivity index (χ0v) is 12.8. The van der Waals surface area contributed by atoms with Crippen LogP contribution < -0.4 is 0 Å². The molecule has 0 heterocycles. The lowest BCUT2D eigenvalue weighted by Crippen LogP contribution is -1.97. The van der Waals surface area contributed by atoms with E-state index in [2.05, 4.69) is 0 Å². The Kier molecular flexibility index (Phi) is 5.17. The summed E-state index contributed by atoms with van der Waals surface area (Å²) in [5.41, 5.74) is 0.922. The number of halogens is 2. The normalized spacial score (nSPS) is 12.4. The molecule has 0 bridgehead atoms. The number of rotatable bonds is 4. The van der Waals surface area contributed by atoms with Crippen LogP contribution in [0.25, 0.3) is 0 Å². The summed E-state index contributed by atoms with van der Waals surface area (Å²) in [7, 11) is 0. The molecule has 0 saturated heterocycles. The lowest BCUT2D eigenvalue weighted by Gasteiger charge is -2.14. The van der Waals surface area contributed by atoms with E-state index in [1.165, 1.54) is 11.8 Å². The molecule has 1 N–H and O–H groups in total. The summed E-state index contributed by atoms with van der Waals surface area (Å²) in [6, 6.07) is 13.2. The molecule has 0 aromatic heterocycles. The van der Waals surface area contributed by atoms with E-state index in [0.29, 0.717) is 16.5 Å². The average molecular weight is 313 g/mol. The van der Waals surface area contributed by atoms with Gasteiger partial charge in [0.2, 0.25) is 0 Å². The highest BCUT2D eigenvalue weighted by Gasteiger charge is 2.12. The van der Waals surface area contributed by atoms with Crippen molar-refractivity contribution in [3.8, 4) is 0 Å². The van der Waals surface area contributed by atoms with Gasteiger partial charge < -0.3 is 5.11 Å². The highest BCUT2D eigenvalue weighted by atomic mass is 35.5. The third-order valence-electron chi connectivity index (χ3n) is 2.78. The molecule has 0 fully saturated rings. The summed E-state index contributed by atoms with van der Waals surface area (Å²) < 4.78 is 0. The van der Waals surface area contributed by atoms with Crippen LogP contribution in [0, 0.1) is 0 Å². The van der Waals surface area contributed by atoms with Gasteiger partial charge in [-0.15, -0.1) is 0 Å². The van der Waals surface area contributed by atoms with Gasteiger partial charge in [0.15, 0.2) is 0 Å². The summed E-state index contributed by atoms with van der Waals surface area (Å²) in [6.07, 6.45) is 0.225. The van der Waals surface area contributed by atoms with Crippen molar-refractivity contribution in [2.75, 3.05) is 0 Å². The molecule has 1 nitrogen and oxygen atoms in total. The molecule has 2 aromatic carbocycles. The van der Waals surface area contributed by atoms with E-state index in [0.717, 1.165) is 15.4 Å². The largest absolute Gasteiger partial charge is 0.388 e. The van der Waals surface area contributed by atoms with Crippen LogP contribution in [0.2, 0.25) is 10.0 Å². The van der Waals surface area contributed by atoms with Crippen molar-refractivity contribution in [1.29, 1.82) is 0 Å². The van der Waals surface area contributed by atoms with E-state index < -0.39 is 6.10 Å². The Morgan fingerprint density at radius 1 is 1.11 bits per heavy atom. The first-order valence-electron chi connectivity index (χ1n) is 6.01. The molecule has 0 amide bonds. The molecular formula is C15H14Cl2OS. The summed E-state index contributed by atoms with van der Waals surface area (Å²) in [4.78, 5) is 1.89. The van der Waals surface area contributed by atoms with E-state index in [1.807, 2.05) is 37.3 Å². The molecule has 0 radical (unpaired) electrons. The van der Waals surface area contributed by atoms with E-state index in [1.54, 1.807) is 12.1 Å². The standard InChI is InChI=1S/C15H14Cl2OS/c1-2-13(18)11-5-3-4-6-14(11)19-15-9-10(16)7-8-12(15)17/h3-9,13,18H,2H2,1H3. The molecule has 1 unspecified atom stereocenters. The SMILES string of the molecule is CCC(O)c1ccccc1Sc1cc(Cl)ccc1Cl. The van der Waals surface area contributed by atoms with Crippen molar-refractivity contribution >= 4 is 35.0 Å². The average Bonchev–Trinajstić information content (AvgIpc) is 2.42. The minimum atomic E-state index is -0.457. The minimum Gasteiger partial charge on any atom is -0.388 e. The highest BCUT2D eigenvalue weighted by molar-refractivity contribution is 7.99. The van der Waals surface area contributed by atoms with Gasteiger partial charge in [-0.25, -0.2) is 0 Å². The van der Waals surface area contributed by atoms with Crippen LogP contribution in [0.1, 0.15) is 25.0 Å². The lowest BCUT2D eigenvalue weighted by molar-refractivity contribution is 0.171. The van der Waals surface area contributed by atoms with Crippen molar-refractivity contribution in [2.24, 2.45) is 0 Å². The number of benzene rings is 2. The summed E-state index contributed by atoms with van der Waals surface area (Å²) in [6.45, 7) is 1.96. The monoisotopic (exact) mass is 312 g/mol. The Labute approximate surface area is 127 Å². The van der Waals surface area contributed by atoms with Gasteiger partial charge in [-0.2, -0.15) is 0 Å². The van der Waals surface area contributed by atoms with E-state index in [-0.39, 0.29) is 0 Å². The fourth-order valence-electron chi connectivity index (χ4n) is 1.74. The van der Waals surface area contributed by atoms with Crippen LogP contribution in [0.4, 0.5) is 0 Å². The number of aliphatic hydroxyl groups excluding tert-OH is 1.